The fraction of sp³-hybridized carbons (Fsp3) is 0.118. The van der Waals surface area contributed by atoms with Crippen LogP contribution in [0.5, 0.6) is 0 Å². The van der Waals surface area contributed by atoms with Gasteiger partial charge in [-0.05, 0) is 17.7 Å². The lowest BCUT2D eigenvalue weighted by atomic mass is 10.1. The van der Waals surface area contributed by atoms with E-state index in [1.54, 1.807) is 12.1 Å². The van der Waals surface area contributed by atoms with Crippen LogP contribution in [-0.4, -0.2) is 20.9 Å². The topological polar surface area (TPSA) is 56.3 Å². The second-order valence-corrected chi connectivity index (χ2v) is 5.25. The molecule has 0 spiro atoms. The molecular formula is C17H14N2O2. The first-order valence-corrected chi connectivity index (χ1v) is 6.88. The van der Waals surface area contributed by atoms with Gasteiger partial charge in [0.1, 0.15) is 0 Å². The van der Waals surface area contributed by atoms with Crippen molar-refractivity contribution in [2.75, 3.05) is 0 Å². The third-order valence-corrected chi connectivity index (χ3v) is 4.04. The molecule has 0 saturated carbocycles. The Morgan fingerprint density at radius 1 is 1.10 bits per heavy atom. The number of rotatable bonds is 2. The number of nitrogens with zero attached hydrogens (tertiary/aromatic N) is 1. The number of benzene rings is 2. The molecule has 0 bridgehead atoms. The number of aliphatic hydroxyl groups is 1. The van der Waals surface area contributed by atoms with Crippen molar-refractivity contribution in [2.45, 2.75) is 12.8 Å². The molecule has 4 rings (SSSR count). The summed E-state index contributed by atoms with van der Waals surface area (Å²) in [5.41, 5.74) is 3.31. The minimum Gasteiger partial charge on any atom is -0.369 e. The van der Waals surface area contributed by atoms with Gasteiger partial charge in [-0.1, -0.05) is 36.4 Å². The first-order valence-electron chi connectivity index (χ1n) is 6.88. The number of hydrogen-bond acceptors (Lipinski definition) is 2. The zero-order valence-electron chi connectivity index (χ0n) is 11.3. The van der Waals surface area contributed by atoms with Gasteiger partial charge in [0.2, 0.25) is 0 Å². The number of fused-ring (bicyclic) bond motifs is 2. The van der Waals surface area contributed by atoms with E-state index in [1.807, 2.05) is 42.6 Å². The molecule has 0 saturated heterocycles. The zero-order chi connectivity index (χ0) is 14.4. The van der Waals surface area contributed by atoms with Crippen molar-refractivity contribution in [3.63, 3.8) is 0 Å². The monoisotopic (exact) mass is 278 g/mol. The van der Waals surface area contributed by atoms with Crippen LogP contribution >= 0.6 is 0 Å². The maximum Gasteiger partial charge on any atom is 0.256 e. The first kappa shape index (κ1) is 12.2. The number of aliphatic hydroxyl groups excluding tert-OH is 1. The smallest absolute Gasteiger partial charge is 0.256 e. The summed E-state index contributed by atoms with van der Waals surface area (Å²) in [5.74, 6) is -0.122. The lowest BCUT2D eigenvalue weighted by Crippen LogP contribution is -2.27. The Morgan fingerprint density at radius 2 is 1.86 bits per heavy atom. The molecule has 1 amide bonds. The van der Waals surface area contributed by atoms with E-state index in [4.69, 9.17) is 0 Å². The molecule has 2 aromatic carbocycles. The highest BCUT2D eigenvalue weighted by Crippen LogP contribution is 2.33. The molecule has 0 radical (unpaired) electrons. The molecule has 0 fully saturated rings. The van der Waals surface area contributed by atoms with Gasteiger partial charge in [0.15, 0.2) is 6.23 Å². The molecule has 0 aliphatic carbocycles. The zero-order valence-corrected chi connectivity index (χ0v) is 11.3. The van der Waals surface area contributed by atoms with Crippen LogP contribution in [0.2, 0.25) is 0 Å². The molecule has 2 N–H and O–H groups in total. The third-order valence-electron chi connectivity index (χ3n) is 4.04. The quantitative estimate of drug-likeness (QED) is 0.757. The SMILES string of the molecule is O=C1c2ccccc2[C@@H](O)N1Cc1c[nH]c2ccccc12. The molecule has 1 aliphatic heterocycles. The summed E-state index contributed by atoms with van der Waals surface area (Å²) in [7, 11) is 0. The molecule has 1 atom stereocenters. The Kier molecular flexibility index (Phi) is 2.59. The largest absolute Gasteiger partial charge is 0.369 e. The van der Waals surface area contributed by atoms with Crippen molar-refractivity contribution in [3.05, 3.63) is 71.4 Å². The van der Waals surface area contributed by atoms with E-state index in [0.29, 0.717) is 17.7 Å². The summed E-state index contributed by atoms with van der Waals surface area (Å²) in [5, 5.41) is 11.5. The molecular weight excluding hydrogens is 264 g/mol. The number of aromatic amines is 1. The third kappa shape index (κ3) is 1.76. The van der Waals surface area contributed by atoms with E-state index < -0.39 is 6.23 Å². The first-order chi connectivity index (χ1) is 10.3. The van der Waals surface area contributed by atoms with Crippen molar-refractivity contribution < 1.29 is 9.90 Å². The predicted octanol–water partition coefficient (Wildman–Crippen LogP) is 2.81. The Hall–Kier alpha value is -2.59. The van der Waals surface area contributed by atoms with Gasteiger partial charge in [-0.25, -0.2) is 0 Å². The summed E-state index contributed by atoms with van der Waals surface area (Å²) in [6, 6.07) is 15.2. The van der Waals surface area contributed by atoms with Crippen molar-refractivity contribution in [2.24, 2.45) is 0 Å². The molecule has 3 aromatic rings. The van der Waals surface area contributed by atoms with Crippen LogP contribution in [0, 0.1) is 0 Å². The minimum atomic E-state index is -0.873. The second kappa shape index (κ2) is 4.46. The van der Waals surface area contributed by atoms with Gasteiger partial charge >= 0.3 is 0 Å². The summed E-state index contributed by atoms with van der Waals surface area (Å²) < 4.78 is 0. The van der Waals surface area contributed by atoms with Crippen LogP contribution in [0.15, 0.2) is 54.7 Å². The number of carbonyl (C=O) groups is 1. The lowest BCUT2D eigenvalue weighted by molar-refractivity contribution is 0.0139. The number of para-hydroxylation sites is 1. The average molecular weight is 278 g/mol. The Bertz CT molecular complexity index is 837. The van der Waals surface area contributed by atoms with E-state index >= 15 is 0 Å². The van der Waals surface area contributed by atoms with Crippen molar-refractivity contribution >= 4 is 16.8 Å². The van der Waals surface area contributed by atoms with Crippen molar-refractivity contribution in [3.8, 4) is 0 Å². The standard InChI is InChI=1S/C17H14N2O2/c20-16-13-6-1-2-7-14(13)17(21)19(16)10-11-9-18-15-8-4-3-5-12(11)15/h1-9,16,18,20H,10H2/t16-/m1/s1. The van der Waals surface area contributed by atoms with Crippen molar-refractivity contribution in [1.29, 1.82) is 0 Å². The van der Waals surface area contributed by atoms with Gasteiger partial charge in [-0.3, -0.25) is 4.79 Å². The van der Waals surface area contributed by atoms with Gasteiger partial charge in [0.05, 0.1) is 6.54 Å². The molecule has 2 heterocycles. The Morgan fingerprint density at radius 3 is 2.71 bits per heavy atom. The molecule has 104 valence electrons. The fourth-order valence-electron chi connectivity index (χ4n) is 2.95. The summed E-state index contributed by atoms with van der Waals surface area (Å²) in [4.78, 5) is 17.1. The Balaban J connectivity index is 1.71. The molecule has 4 heteroatoms. The summed E-state index contributed by atoms with van der Waals surface area (Å²) in [6.45, 7) is 0.388. The lowest BCUT2D eigenvalue weighted by Gasteiger charge is -2.20. The van der Waals surface area contributed by atoms with E-state index in [-0.39, 0.29) is 5.91 Å². The van der Waals surface area contributed by atoms with Gasteiger partial charge in [-0.2, -0.15) is 0 Å². The van der Waals surface area contributed by atoms with Gasteiger partial charge < -0.3 is 15.0 Å². The fourth-order valence-corrected chi connectivity index (χ4v) is 2.95. The Labute approximate surface area is 121 Å². The molecule has 1 aromatic heterocycles. The summed E-state index contributed by atoms with van der Waals surface area (Å²) in [6.07, 6.45) is 1.02. The summed E-state index contributed by atoms with van der Waals surface area (Å²) >= 11 is 0. The van der Waals surface area contributed by atoms with E-state index in [0.717, 1.165) is 16.5 Å². The molecule has 4 nitrogen and oxygen atoms in total. The second-order valence-electron chi connectivity index (χ2n) is 5.25. The number of nitrogens with one attached hydrogen (secondary N) is 1. The van der Waals surface area contributed by atoms with E-state index in [1.165, 1.54) is 4.90 Å². The highest BCUT2D eigenvalue weighted by molar-refractivity contribution is 5.99. The highest BCUT2D eigenvalue weighted by atomic mass is 16.3. The maximum absolute atomic E-state index is 12.4. The maximum atomic E-state index is 12.4. The normalized spacial score (nSPS) is 17.5. The molecule has 21 heavy (non-hydrogen) atoms. The van der Waals surface area contributed by atoms with Crippen LogP contribution < -0.4 is 0 Å². The van der Waals surface area contributed by atoms with Gasteiger partial charge in [0, 0.05) is 28.2 Å². The number of aromatic nitrogens is 1. The molecule has 0 unspecified atom stereocenters. The number of amides is 1. The number of hydrogen-bond donors (Lipinski definition) is 2. The van der Waals surface area contributed by atoms with E-state index in [9.17, 15) is 9.90 Å². The molecule has 1 aliphatic rings. The van der Waals surface area contributed by atoms with Gasteiger partial charge in [0.25, 0.3) is 5.91 Å². The number of carbonyl (C=O) groups excluding carboxylic acids is 1. The minimum absolute atomic E-state index is 0.122. The van der Waals surface area contributed by atoms with Crippen LogP contribution in [0.4, 0.5) is 0 Å². The van der Waals surface area contributed by atoms with Crippen LogP contribution in [0.3, 0.4) is 0 Å². The average Bonchev–Trinajstić information content (AvgIpc) is 3.04. The van der Waals surface area contributed by atoms with E-state index in [2.05, 4.69) is 4.98 Å². The van der Waals surface area contributed by atoms with Gasteiger partial charge in [-0.15, -0.1) is 0 Å². The van der Waals surface area contributed by atoms with Crippen LogP contribution in [-0.2, 0) is 6.54 Å². The van der Waals surface area contributed by atoms with Crippen LogP contribution in [0.25, 0.3) is 10.9 Å². The van der Waals surface area contributed by atoms with Crippen LogP contribution in [0.1, 0.15) is 27.7 Å². The predicted molar refractivity (Wildman–Crippen MR) is 79.6 cm³/mol. The van der Waals surface area contributed by atoms with Crippen molar-refractivity contribution in [1.82, 2.24) is 9.88 Å². The number of H-pyrrole nitrogens is 1. The highest BCUT2D eigenvalue weighted by Gasteiger charge is 2.35.